The van der Waals surface area contributed by atoms with Crippen LogP contribution in [0.2, 0.25) is 0 Å². The van der Waals surface area contributed by atoms with Crippen LogP contribution in [0.4, 0.5) is 0 Å². The molecule has 0 spiro atoms. The summed E-state index contributed by atoms with van der Waals surface area (Å²) >= 11 is 3.56. The lowest BCUT2D eigenvalue weighted by atomic mass is 10.1. The highest BCUT2D eigenvalue weighted by Crippen LogP contribution is 2.32. The Kier molecular flexibility index (Phi) is 3.65. The van der Waals surface area contributed by atoms with Gasteiger partial charge in [-0.3, -0.25) is 0 Å². The average molecular weight is 398 g/mol. The van der Waals surface area contributed by atoms with Gasteiger partial charge in [0, 0.05) is 20.9 Å². The summed E-state index contributed by atoms with van der Waals surface area (Å²) in [5.74, 6) is 0. The van der Waals surface area contributed by atoms with Crippen LogP contribution < -0.4 is 0 Å². The highest BCUT2D eigenvalue weighted by molar-refractivity contribution is 9.10. The Morgan fingerprint density at radius 3 is 1.77 bits per heavy atom. The number of para-hydroxylation sites is 2. The predicted molar refractivity (Wildman–Crippen MR) is 114 cm³/mol. The number of hydrogen-bond donors (Lipinski definition) is 0. The van der Waals surface area contributed by atoms with Gasteiger partial charge in [-0.15, -0.1) is 0 Å². The van der Waals surface area contributed by atoms with Crippen LogP contribution in [0.25, 0.3) is 38.6 Å². The van der Waals surface area contributed by atoms with Gasteiger partial charge in [0.2, 0.25) is 0 Å². The molecular formula is C24H16BrN. The third-order valence-electron chi connectivity index (χ3n) is 4.86. The molecule has 0 aliphatic heterocycles. The highest BCUT2D eigenvalue weighted by atomic mass is 79.9. The summed E-state index contributed by atoms with van der Waals surface area (Å²) in [6, 6.07) is 34.4. The minimum atomic E-state index is 1.10. The number of fused-ring (bicyclic) bond motifs is 3. The first-order chi connectivity index (χ1) is 12.8. The Morgan fingerprint density at radius 2 is 1.15 bits per heavy atom. The number of hydrogen-bond acceptors (Lipinski definition) is 0. The molecule has 5 rings (SSSR count). The van der Waals surface area contributed by atoms with Gasteiger partial charge in [-0.1, -0.05) is 76.6 Å². The maximum absolute atomic E-state index is 3.56. The van der Waals surface area contributed by atoms with E-state index in [0.29, 0.717) is 0 Å². The van der Waals surface area contributed by atoms with Crippen molar-refractivity contribution in [1.29, 1.82) is 0 Å². The first kappa shape index (κ1) is 15.4. The molecule has 0 fully saturated rings. The average Bonchev–Trinajstić information content (AvgIpc) is 3.03. The minimum Gasteiger partial charge on any atom is -0.309 e. The Hall–Kier alpha value is -2.84. The zero-order valence-electron chi connectivity index (χ0n) is 14.1. The maximum atomic E-state index is 3.56. The second-order valence-corrected chi connectivity index (χ2v) is 7.34. The Balaban J connectivity index is 1.70. The largest absolute Gasteiger partial charge is 0.309 e. The predicted octanol–water partition coefficient (Wildman–Crippen LogP) is 7.21. The van der Waals surface area contributed by atoms with E-state index in [9.17, 15) is 0 Å². The van der Waals surface area contributed by atoms with Crippen LogP contribution in [-0.4, -0.2) is 4.57 Å². The fraction of sp³-hybridized carbons (Fsp3) is 0. The molecule has 0 radical (unpaired) electrons. The molecule has 1 aromatic heterocycles. The number of aromatic nitrogens is 1. The van der Waals surface area contributed by atoms with E-state index in [1.165, 1.54) is 38.6 Å². The summed E-state index contributed by atoms with van der Waals surface area (Å²) < 4.78 is 3.44. The van der Waals surface area contributed by atoms with E-state index >= 15 is 0 Å². The van der Waals surface area contributed by atoms with Crippen LogP contribution in [0.5, 0.6) is 0 Å². The summed E-state index contributed by atoms with van der Waals surface area (Å²) in [6.45, 7) is 0. The molecule has 1 nitrogen and oxygen atoms in total. The van der Waals surface area contributed by atoms with Gasteiger partial charge in [0.15, 0.2) is 0 Å². The highest BCUT2D eigenvalue weighted by Gasteiger charge is 2.11. The van der Waals surface area contributed by atoms with Gasteiger partial charge in [0.25, 0.3) is 0 Å². The smallest absolute Gasteiger partial charge is 0.0541 e. The van der Waals surface area contributed by atoms with Gasteiger partial charge in [0.1, 0.15) is 0 Å². The molecule has 0 amide bonds. The minimum absolute atomic E-state index is 1.10. The van der Waals surface area contributed by atoms with Crippen LogP contribution >= 0.6 is 15.9 Å². The summed E-state index contributed by atoms with van der Waals surface area (Å²) in [6.07, 6.45) is 0. The zero-order valence-corrected chi connectivity index (χ0v) is 15.6. The topological polar surface area (TPSA) is 4.93 Å². The summed E-state index contributed by atoms with van der Waals surface area (Å²) in [4.78, 5) is 0. The molecule has 0 atom stereocenters. The Labute approximate surface area is 160 Å². The molecule has 0 saturated heterocycles. The van der Waals surface area contributed by atoms with E-state index < -0.39 is 0 Å². The molecule has 124 valence electrons. The van der Waals surface area contributed by atoms with Crippen LogP contribution in [0.1, 0.15) is 0 Å². The van der Waals surface area contributed by atoms with Crippen LogP contribution in [0.15, 0.2) is 102 Å². The molecule has 2 heteroatoms. The molecule has 1 heterocycles. The van der Waals surface area contributed by atoms with Crippen LogP contribution in [-0.2, 0) is 0 Å². The quantitative estimate of drug-likeness (QED) is 0.296. The van der Waals surface area contributed by atoms with E-state index in [0.717, 1.165) is 4.47 Å². The summed E-state index contributed by atoms with van der Waals surface area (Å²) in [5, 5.41) is 2.58. The van der Waals surface area contributed by atoms with Crippen molar-refractivity contribution in [2.75, 3.05) is 0 Å². The molecule has 26 heavy (non-hydrogen) atoms. The Bertz CT molecular complexity index is 1180. The van der Waals surface area contributed by atoms with Gasteiger partial charge in [-0.2, -0.15) is 0 Å². The van der Waals surface area contributed by atoms with E-state index in [4.69, 9.17) is 0 Å². The number of halogens is 1. The lowest BCUT2D eigenvalue weighted by Gasteiger charge is -2.09. The first-order valence-electron chi connectivity index (χ1n) is 8.66. The van der Waals surface area contributed by atoms with Crippen LogP contribution in [0, 0.1) is 0 Å². The van der Waals surface area contributed by atoms with Crippen molar-refractivity contribution < 1.29 is 0 Å². The molecule has 0 saturated carbocycles. The van der Waals surface area contributed by atoms with Gasteiger partial charge >= 0.3 is 0 Å². The molecule has 5 aromatic rings. The van der Waals surface area contributed by atoms with Gasteiger partial charge < -0.3 is 4.57 Å². The number of nitrogens with zero attached hydrogens (tertiary/aromatic N) is 1. The lowest BCUT2D eigenvalue weighted by molar-refractivity contribution is 1.18. The van der Waals surface area contributed by atoms with Crippen molar-refractivity contribution in [1.82, 2.24) is 4.57 Å². The van der Waals surface area contributed by atoms with Gasteiger partial charge in [-0.05, 0) is 47.5 Å². The van der Waals surface area contributed by atoms with Crippen molar-refractivity contribution in [3.05, 3.63) is 102 Å². The monoisotopic (exact) mass is 397 g/mol. The first-order valence-corrected chi connectivity index (χ1v) is 9.45. The van der Waals surface area contributed by atoms with Crippen molar-refractivity contribution in [2.24, 2.45) is 0 Å². The van der Waals surface area contributed by atoms with E-state index in [2.05, 4.69) is 118 Å². The maximum Gasteiger partial charge on any atom is 0.0541 e. The van der Waals surface area contributed by atoms with Gasteiger partial charge in [0.05, 0.1) is 11.0 Å². The zero-order chi connectivity index (χ0) is 17.5. The molecule has 0 aliphatic rings. The molecule has 0 N–H and O–H groups in total. The van der Waals surface area contributed by atoms with Crippen molar-refractivity contribution in [2.45, 2.75) is 0 Å². The van der Waals surface area contributed by atoms with Crippen molar-refractivity contribution >= 4 is 37.7 Å². The molecular weight excluding hydrogens is 382 g/mol. The normalized spacial score (nSPS) is 11.3. The van der Waals surface area contributed by atoms with Crippen molar-refractivity contribution in [3.8, 4) is 16.8 Å². The third-order valence-corrected chi connectivity index (χ3v) is 5.36. The molecule has 0 unspecified atom stereocenters. The lowest BCUT2D eigenvalue weighted by Crippen LogP contribution is -1.93. The van der Waals surface area contributed by atoms with Crippen LogP contribution in [0.3, 0.4) is 0 Å². The van der Waals surface area contributed by atoms with E-state index in [-0.39, 0.29) is 0 Å². The summed E-state index contributed by atoms with van der Waals surface area (Å²) in [5.41, 5.74) is 6.10. The van der Waals surface area contributed by atoms with E-state index in [1.807, 2.05) is 0 Å². The summed E-state index contributed by atoms with van der Waals surface area (Å²) in [7, 11) is 0. The number of benzene rings is 4. The van der Waals surface area contributed by atoms with E-state index in [1.54, 1.807) is 0 Å². The fourth-order valence-electron chi connectivity index (χ4n) is 3.67. The van der Waals surface area contributed by atoms with Crippen molar-refractivity contribution in [3.63, 3.8) is 0 Å². The molecule has 0 aliphatic carbocycles. The molecule has 4 aromatic carbocycles. The standard InChI is InChI=1S/C24H16BrN/c25-19-7-5-6-18(16-19)17-12-14-20(15-13-17)26-23-10-3-1-8-21(23)22-9-2-4-11-24(22)26/h1-16H. The fourth-order valence-corrected chi connectivity index (χ4v) is 4.07. The molecule has 0 bridgehead atoms. The Morgan fingerprint density at radius 1 is 0.538 bits per heavy atom. The second-order valence-electron chi connectivity index (χ2n) is 6.43. The number of rotatable bonds is 2. The SMILES string of the molecule is Brc1cccc(-c2ccc(-n3c4ccccc4c4ccccc43)cc2)c1. The third kappa shape index (κ3) is 2.46. The van der Waals surface area contributed by atoms with Gasteiger partial charge in [-0.25, -0.2) is 0 Å². The second kappa shape index (κ2) is 6.15.